The number of H-pyrrole nitrogens is 1. The Morgan fingerprint density at radius 1 is 1.33 bits per heavy atom. The van der Waals surface area contributed by atoms with Crippen molar-refractivity contribution in [3.8, 4) is 0 Å². The van der Waals surface area contributed by atoms with Gasteiger partial charge in [-0.25, -0.2) is 13.2 Å². The smallest absolute Gasteiger partial charge is 0.327 e. The molecule has 24 heavy (non-hydrogen) atoms. The van der Waals surface area contributed by atoms with E-state index in [4.69, 9.17) is 0 Å². The SMILES string of the molecule is Cc1[nH]c2ccccc2c1CC(=O)N1CCS(=O)(=O)CC1C(=O)O. The standard InChI is InChI=1S/C16H18N2O5S/c1-10-12(11-4-2-3-5-13(11)17-10)8-15(19)18-6-7-24(22,23)9-14(18)16(20)21/h2-5,14,17H,6-9H2,1H3,(H,20,21). The van der Waals surface area contributed by atoms with E-state index in [9.17, 15) is 23.1 Å². The predicted molar refractivity (Wildman–Crippen MR) is 88.5 cm³/mol. The molecule has 0 spiro atoms. The van der Waals surface area contributed by atoms with Crippen molar-refractivity contribution < 1.29 is 23.1 Å². The van der Waals surface area contributed by atoms with Gasteiger partial charge >= 0.3 is 5.97 Å². The van der Waals surface area contributed by atoms with Gasteiger partial charge < -0.3 is 15.0 Å². The third-order valence-corrected chi connectivity index (χ3v) is 6.02. The van der Waals surface area contributed by atoms with Gasteiger partial charge in [0.25, 0.3) is 0 Å². The van der Waals surface area contributed by atoms with Gasteiger partial charge in [0, 0.05) is 23.1 Å². The number of hydrogen-bond acceptors (Lipinski definition) is 4. The molecule has 8 heteroatoms. The highest BCUT2D eigenvalue weighted by molar-refractivity contribution is 7.91. The molecule has 1 amide bonds. The van der Waals surface area contributed by atoms with Gasteiger partial charge in [0.1, 0.15) is 6.04 Å². The summed E-state index contributed by atoms with van der Waals surface area (Å²) in [7, 11) is -3.43. The number of para-hydroxylation sites is 1. The van der Waals surface area contributed by atoms with Crippen LogP contribution in [-0.2, 0) is 25.8 Å². The topological polar surface area (TPSA) is 108 Å². The van der Waals surface area contributed by atoms with Gasteiger partial charge in [-0.15, -0.1) is 0 Å². The predicted octanol–water partition coefficient (Wildman–Crippen LogP) is 0.729. The van der Waals surface area contributed by atoms with Gasteiger partial charge in [-0.05, 0) is 18.6 Å². The molecule has 2 heterocycles. The van der Waals surface area contributed by atoms with Gasteiger partial charge in [-0.1, -0.05) is 18.2 Å². The van der Waals surface area contributed by atoms with E-state index >= 15 is 0 Å². The summed E-state index contributed by atoms with van der Waals surface area (Å²) < 4.78 is 23.3. The third-order valence-electron chi connectivity index (χ3n) is 4.39. The maximum absolute atomic E-state index is 12.6. The first-order chi connectivity index (χ1) is 11.3. The molecule has 2 aromatic rings. The molecule has 3 rings (SSSR count). The Hall–Kier alpha value is -2.35. The van der Waals surface area contributed by atoms with Crippen LogP contribution < -0.4 is 0 Å². The van der Waals surface area contributed by atoms with Crippen molar-refractivity contribution in [2.75, 3.05) is 18.1 Å². The zero-order valence-electron chi connectivity index (χ0n) is 13.2. The second-order valence-corrected chi connectivity index (χ2v) is 8.24. The number of nitrogens with zero attached hydrogens (tertiary/aromatic N) is 1. The molecule has 1 saturated heterocycles. The summed E-state index contributed by atoms with van der Waals surface area (Å²) in [5, 5.41) is 10.2. The zero-order chi connectivity index (χ0) is 17.5. The van der Waals surface area contributed by atoms with Crippen LogP contribution in [0.4, 0.5) is 0 Å². The number of fused-ring (bicyclic) bond motifs is 1. The van der Waals surface area contributed by atoms with Gasteiger partial charge in [-0.2, -0.15) is 0 Å². The number of hydrogen-bond donors (Lipinski definition) is 2. The number of rotatable bonds is 3. The Morgan fingerprint density at radius 3 is 2.75 bits per heavy atom. The van der Waals surface area contributed by atoms with Crippen LogP contribution >= 0.6 is 0 Å². The molecule has 0 aliphatic carbocycles. The van der Waals surface area contributed by atoms with Gasteiger partial charge in [-0.3, -0.25) is 4.79 Å². The number of aromatic amines is 1. The fourth-order valence-corrected chi connectivity index (χ4v) is 4.57. The van der Waals surface area contributed by atoms with E-state index in [1.54, 1.807) is 0 Å². The average molecular weight is 350 g/mol. The van der Waals surface area contributed by atoms with Crippen molar-refractivity contribution in [1.82, 2.24) is 9.88 Å². The minimum Gasteiger partial charge on any atom is -0.480 e. The van der Waals surface area contributed by atoms with Crippen molar-refractivity contribution in [3.05, 3.63) is 35.5 Å². The molecule has 1 aromatic heterocycles. The summed E-state index contributed by atoms with van der Waals surface area (Å²) in [5.41, 5.74) is 2.57. The molecular weight excluding hydrogens is 332 g/mol. The normalized spacial score (nSPS) is 20.2. The first kappa shape index (κ1) is 16.5. The van der Waals surface area contributed by atoms with E-state index in [-0.39, 0.29) is 24.6 Å². The lowest BCUT2D eigenvalue weighted by molar-refractivity contribution is -0.149. The van der Waals surface area contributed by atoms with E-state index in [1.807, 2.05) is 31.2 Å². The van der Waals surface area contributed by atoms with E-state index in [0.717, 1.165) is 22.2 Å². The van der Waals surface area contributed by atoms with Gasteiger partial charge in [0.2, 0.25) is 5.91 Å². The summed E-state index contributed by atoms with van der Waals surface area (Å²) in [4.78, 5) is 28.4. The second-order valence-electron chi connectivity index (χ2n) is 6.01. The number of amides is 1. The zero-order valence-corrected chi connectivity index (χ0v) is 14.0. The van der Waals surface area contributed by atoms with Crippen LogP contribution in [0.15, 0.2) is 24.3 Å². The summed E-state index contributed by atoms with van der Waals surface area (Å²) >= 11 is 0. The first-order valence-electron chi connectivity index (χ1n) is 7.57. The molecule has 1 aromatic carbocycles. The Labute approximate surface area is 139 Å². The minimum atomic E-state index is -3.43. The van der Waals surface area contributed by atoms with E-state index in [1.165, 1.54) is 4.90 Å². The van der Waals surface area contributed by atoms with Crippen molar-refractivity contribution in [2.45, 2.75) is 19.4 Å². The first-order valence-corrected chi connectivity index (χ1v) is 9.39. The second kappa shape index (κ2) is 5.94. The Morgan fingerprint density at radius 2 is 2.04 bits per heavy atom. The summed E-state index contributed by atoms with van der Waals surface area (Å²) in [6.45, 7) is 1.78. The molecule has 1 aliphatic heterocycles. The monoisotopic (exact) mass is 350 g/mol. The quantitative estimate of drug-likeness (QED) is 0.848. The van der Waals surface area contributed by atoms with Crippen molar-refractivity contribution in [2.24, 2.45) is 0 Å². The summed E-state index contributed by atoms with van der Waals surface area (Å²) in [6.07, 6.45) is 0.0413. The lowest BCUT2D eigenvalue weighted by atomic mass is 10.1. The maximum Gasteiger partial charge on any atom is 0.327 e. The number of carbonyl (C=O) groups excluding carboxylic acids is 1. The molecule has 1 unspecified atom stereocenters. The fourth-order valence-electron chi connectivity index (χ4n) is 3.13. The van der Waals surface area contributed by atoms with Crippen LogP contribution in [0.3, 0.4) is 0 Å². The van der Waals surface area contributed by atoms with Crippen LogP contribution in [-0.4, -0.2) is 59.4 Å². The molecule has 128 valence electrons. The van der Waals surface area contributed by atoms with Crippen LogP contribution in [0, 0.1) is 6.92 Å². The Bertz CT molecular complexity index is 916. The molecule has 0 bridgehead atoms. The summed E-state index contributed by atoms with van der Waals surface area (Å²) in [5.74, 6) is -2.39. The molecular formula is C16H18N2O5S. The number of aryl methyl sites for hydroxylation is 1. The van der Waals surface area contributed by atoms with Gasteiger partial charge in [0.05, 0.1) is 17.9 Å². The minimum absolute atomic E-state index is 0.0413. The molecule has 0 radical (unpaired) electrons. The van der Waals surface area contributed by atoms with E-state index in [2.05, 4.69) is 4.98 Å². The number of aliphatic carboxylic acids is 1. The Balaban J connectivity index is 1.88. The largest absolute Gasteiger partial charge is 0.480 e. The number of nitrogens with one attached hydrogen (secondary N) is 1. The lowest BCUT2D eigenvalue weighted by Crippen LogP contribution is -2.55. The fraction of sp³-hybridized carbons (Fsp3) is 0.375. The molecule has 0 saturated carbocycles. The Kier molecular flexibility index (Phi) is 4.08. The van der Waals surface area contributed by atoms with E-state index < -0.39 is 27.6 Å². The van der Waals surface area contributed by atoms with Crippen LogP contribution in [0.5, 0.6) is 0 Å². The summed E-state index contributed by atoms with van der Waals surface area (Å²) in [6, 6.07) is 6.25. The molecule has 1 fully saturated rings. The van der Waals surface area contributed by atoms with Crippen molar-refractivity contribution in [3.63, 3.8) is 0 Å². The number of carboxylic acids is 1. The number of sulfone groups is 1. The molecule has 1 atom stereocenters. The highest BCUT2D eigenvalue weighted by Gasteiger charge is 2.38. The molecule has 1 aliphatic rings. The molecule has 2 N–H and O–H groups in total. The number of carbonyl (C=O) groups is 2. The van der Waals surface area contributed by atoms with Crippen molar-refractivity contribution in [1.29, 1.82) is 0 Å². The third kappa shape index (κ3) is 3.01. The number of aromatic nitrogens is 1. The van der Waals surface area contributed by atoms with Crippen molar-refractivity contribution >= 4 is 32.6 Å². The van der Waals surface area contributed by atoms with E-state index in [0.29, 0.717) is 0 Å². The van der Waals surface area contributed by atoms with Gasteiger partial charge in [0.15, 0.2) is 9.84 Å². The average Bonchev–Trinajstić information content (AvgIpc) is 2.82. The van der Waals surface area contributed by atoms with Crippen LogP contribution in [0.25, 0.3) is 10.9 Å². The molecule has 7 nitrogen and oxygen atoms in total. The highest BCUT2D eigenvalue weighted by Crippen LogP contribution is 2.24. The number of benzene rings is 1. The van der Waals surface area contributed by atoms with Crippen LogP contribution in [0.2, 0.25) is 0 Å². The van der Waals surface area contributed by atoms with Crippen LogP contribution in [0.1, 0.15) is 11.3 Å². The lowest BCUT2D eigenvalue weighted by Gasteiger charge is -2.32. The maximum atomic E-state index is 12.6. The number of carboxylic acid groups (broad SMARTS) is 1. The highest BCUT2D eigenvalue weighted by atomic mass is 32.2.